The number of hydrogen-bond donors (Lipinski definition) is 1. The van der Waals surface area contributed by atoms with Gasteiger partial charge in [0.15, 0.2) is 0 Å². The second kappa shape index (κ2) is 12.4. The molecule has 0 aromatic heterocycles. The Kier molecular flexibility index (Phi) is 11.4. The molecular weight excluding hydrogens is 358 g/mol. The van der Waals surface area contributed by atoms with Gasteiger partial charge in [0, 0.05) is 11.9 Å². The Morgan fingerprint density at radius 1 is 1.37 bits per heavy atom. The van der Waals surface area contributed by atoms with Gasteiger partial charge in [0.05, 0.1) is 12.2 Å². The van der Waals surface area contributed by atoms with Crippen LogP contribution in [-0.2, 0) is 9.53 Å². The summed E-state index contributed by atoms with van der Waals surface area (Å²) in [5.74, 6) is -0.908. The molecule has 0 spiro atoms. The number of aliphatic carboxylic acids is 1. The molecule has 1 N–H and O–H groups in total. The fraction of sp³-hybridized carbons (Fsp3) is 0.762. The van der Waals surface area contributed by atoms with Crippen molar-refractivity contribution in [1.29, 1.82) is 0 Å². The topological polar surface area (TPSA) is 69.6 Å². The van der Waals surface area contributed by atoms with E-state index in [1.807, 2.05) is 12.2 Å². The Labute approximate surface area is 184 Å². The first-order valence-corrected chi connectivity index (χ1v) is 9.96. The summed E-state index contributed by atoms with van der Waals surface area (Å²) >= 11 is 0. The van der Waals surface area contributed by atoms with Crippen molar-refractivity contribution in [3.63, 3.8) is 0 Å². The minimum Gasteiger partial charge on any atom is -0.550 e. The van der Waals surface area contributed by atoms with E-state index in [4.69, 9.17) is 4.74 Å². The molecule has 2 rings (SSSR count). The molecule has 1 saturated heterocycles. The number of rotatable bonds is 10. The zero-order valence-corrected chi connectivity index (χ0v) is 18.9. The van der Waals surface area contributed by atoms with E-state index in [-0.39, 0.29) is 53.9 Å². The Hall–Kier alpha value is -0.200. The van der Waals surface area contributed by atoms with Gasteiger partial charge in [-0.05, 0) is 37.5 Å². The van der Waals surface area contributed by atoms with Crippen LogP contribution in [0.3, 0.4) is 0 Å². The molecule has 0 aromatic carbocycles. The third-order valence-electron chi connectivity index (χ3n) is 5.65. The smallest absolute Gasteiger partial charge is 0.550 e. The van der Waals surface area contributed by atoms with E-state index in [2.05, 4.69) is 13.8 Å². The van der Waals surface area contributed by atoms with Gasteiger partial charge in [-0.25, -0.2) is 4.39 Å². The zero-order chi connectivity index (χ0) is 19.1. The van der Waals surface area contributed by atoms with Gasteiger partial charge in [0.2, 0.25) is 0 Å². The first kappa shape index (κ1) is 24.8. The fourth-order valence-electron chi connectivity index (χ4n) is 4.22. The summed E-state index contributed by atoms with van der Waals surface area (Å²) in [7, 11) is 0. The van der Waals surface area contributed by atoms with E-state index >= 15 is 0 Å². The van der Waals surface area contributed by atoms with Crippen LogP contribution in [0.15, 0.2) is 24.3 Å². The van der Waals surface area contributed by atoms with Gasteiger partial charge in [-0.1, -0.05) is 57.4 Å². The van der Waals surface area contributed by atoms with Crippen molar-refractivity contribution >= 4 is 5.97 Å². The molecule has 7 atom stereocenters. The number of hydrogen-bond acceptors (Lipinski definition) is 4. The van der Waals surface area contributed by atoms with Crippen LogP contribution in [-0.4, -0.2) is 35.6 Å². The first-order chi connectivity index (χ1) is 12.4. The molecule has 1 aliphatic carbocycles. The molecule has 1 unspecified atom stereocenters. The summed E-state index contributed by atoms with van der Waals surface area (Å²) in [6.45, 7) is 4.24. The molecule has 2 fully saturated rings. The molecule has 27 heavy (non-hydrogen) atoms. The minimum atomic E-state index is -1.10. The number of halogens is 1. The summed E-state index contributed by atoms with van der Waals surface area (Å²) in [6.07, 6.45) is 9.92. The normalized spacial score (nSPS) is 34.1. The quantitative estimate of drug-likeness (QED) is 0.323. The standard InChI is InChI=1S/C21H33FO4.Na/c1-3-4-5-8-15(23)11-12-16-14(2)13-18-20(16)21(22)17(26-18)9-6-7-10-19(24)25;/h6,9,11-12,14-18,20-21,23H,3-5,7-8,10,13H2,1-2H3,(H,24,25);/q;+1/p-1/b9-6+,12-11+;/t14-,15+,16+,17-,18-,20-,21?;/m1./s1. The Morgan fingerprint density at radius 3 is 2.78 bits per heavy atom. The van der Waals surface area contributed by atoms with E-state index in [0.29, 0.717) is 12.3 Å². The van der Waals surface area contributed by atoms with Gasteiger partial charge >= 0.3 is 29.6 Å². The molecule has 2 aliphatic rings. The van der Waals surface area contributed by atoms with Crippen molar-refractivity contribution in [3.05, 3.63) is 24.3 Å². The number of carboxylic acids is 1. The Bertz CT molecular complexity index is 510. The van der Waals surface area contributed by atoms with Gasteiger partial charge in [-0.2, -0.15) is 0 Å². The van der Waals surface area contributed by atoms with E-state index in [9.17, 15) is 19.4 Å². The maximum Gasteiger partial charge on any atom is 1.00 e. The van der Waals surface area contributed by atoms with Crippen LogP contribution in [0, 0.1) is 17.8 Å². The summed E-state index contributed by atoms with van der Waals surface area (Å²) in [6, 6.07) is 0. The van der Waals surface area contributed by atoms with Crippen molar-refractivity contribution < 1.29 is 53.7 Å². The van der Waals surface area contributed by atoms with Gasteiger partial charge in [-0.15, -0.1) is 0 Å². The van der Waals surface area contributed by atoms with Crippen LogP contribution in [0.4, 0.5) is 4.39 Å². The average molecular weight is 390 g/mol. The summed E-state index contributed by atoms with van der Waals surface area (Å²) in [5.41, 5.74) is 0. The third kappa shape index (κ3) is 7.28. The monoisotopic (exact) mass is 390 g/mol. The van der Waals surface area contributed by atoms with E-state index in [1.54, 1.807) is 12.2 Å². The average Bonchev–Trinajstić information content (AvgIpc) is 3.05. The number of carbonyl (C=O) groups excluding carboxylic acids is 1. The number of unbranched alkanes of at least 4 members (excludes halogenated alkanes) is 2. The zero-order valence-electron chi connectivity index (χ0n) is 16.9. The number of allylic oxidation sites excluding steroid dienone is 2. The van der Waals surface area contributed by atoms with Crippen LogP contribution in [0.2, 0.25) is 0 Å². The Morgan fingerprint density at radius 2 is 2.11 bits per heavy atom. The summed E-state index contributed by atoms with van der Waals surface area (Å²) in [4.78, 5) is 10.4. The van der Waals surface area contributed by atoms with Gasteiger partial charge in [0.1, 0.15) is 12.3 Å². The minimum absolute atomic E-state index is 0. The second-order valence-corrected chi connectivity index (χ2v) is 7.74. The maximum atomic E-state index is 14.9. The summed E-state index contributed by atoms with van der Waals surface area (Å²) < 4.78 is 20.8. The molecule has 1 heterocycles. The van der Waals surface area contributed by atoms with Crippen molar-refractivity contribution in [3.8, 4) is 0 Å². The number of carboxylic acid groups (broad SMARTS) is 1. The predicted octanol–water partition coefficient (Wildman–Crippen LogP) is -0.0482. The fourth-order valence-corrected chi connectivity index (χ4v) is 4.22. The van der Waals surface area contributed by atoms with Crippen molar-refractivity contribution in [2.45, 2.75) is 83.3 Å². The molecule has 6 heteroatoms. The molecule has 0 bridgehead atoms. The Balaban J connectivity index is 0.00000364. The number of ether oxygens (including phenoxy) is 1. The largest absolute Gasteiger partial charge is 1.00 e. The molecule has 0 amide bonds. The van der Waals surface area contributed by atoms with Gasteiger partial charge < -0.3 is 19.7 Å². The molecule has 1 saturated carbocycles. The molecular formula is C21H32FNaO4. The van der Waals surface area contributed by atoms with Crippen LogP contribution in [0.25, 0.3) is 0 Å². The summed E-state index contributed by atoms with van der Waals surface area (Å²) in [5, 5.41) is 20.5. The van der Waals surface area contributed by atoms with Gasteiger partial charge in [0.25, 0.3) is 0 Å². The number of aliphatic hydroxyl groups excluding tert-OH is 1. The molecule has 0 aromatic rings. The SMILES string of the molecule is CCCCC[C@H](O)/C=C/[C@@H]1[C@H]2C(F)[C@@H](/C=C/CCC(=O)[O-])O[C@@H]2C[C@H]1C.[Na+]. The number of aliphatic hydroxyl groups is 1. The predicted molar refractivity (Wildman–Crippen MR) is 97.0 cm³/mol. The second-order valence-electron chi connectivity index (χ2n) is 7.74. The van der Waals surface area contributed by atoms with Gasteiger partial charge in [-0.3, -0.25) is 0 Å². The van der Waals surface area contributed by atoms with Crippen molar-refractivity contribution in [1.82, 2.24) is 0 Å². The first-order valence-electron chi connectivity index (χ1n) is 9.96. The van der Waals surface area contributed by atoms with E-state index in [1.165, 1.54) is 0 Å². The van der Waals surface area contributed by atoms with E-state index < -0.39 is 24.3 Å². The number of carbonyl (C=O) groups is 1. The molecule has 4 nitrogen and oxygen atoms in total. The maximum absolute atomic E-state index is 14.9. The van der Waals surface area contributed by atoms with Crippen molar-refractivity contribution in [2.24, 2.45) is 17.8 Å². The molecule has 148 valence electrons. The van der Waals surface area contributed by atoms with Crippen LogP contribution in [0.1, 0.15) is 58.8 Å². The molecule has 0 radical (unpaired) electrons. The van der Waals surface area contributed by atoms with Crippen molar-refractivity contribution in [2.75, 3.05) is 0 Å². The third-order valence-corrected chi connectivity index (χ3v) is 5.65. The van der Waals surface area contributed by atoms with E-state index in [0.717, 1.165) is 32.1 Å². The van der Waals surface area contributed by atoms with Crippen LogP contribution in [0.5, 0.6) is 0 Å². The molecule has 1 aliphatic heterocycles. The van der Waals surface area contributed by atoms with Crippen LogP contribution < -0.4 is 34.7 Å². The number of alkyl halides is 1. The van der Waals surface area contributed by atoms with Crippen LogP contribution >= 0.6 is 0 Å². The number of fused-ring (bicyclic) bond motifs is 1.